The number of hydrogen-bond donors (Lipinski definition) is 2. The van der Waals surface area contributed by atoms with Gasteiger partial charge >= 0.3 is 5.97 Å². The van der Waals surface area contributed by atoms with Crippen LogP contribution < -0.4 is 5.73 Å². The molecule has 0 rings (SSSR count). The summed E-state index contributed by atoms with van der Waals surface area (Å²) in [6, 6.07) is 0. The molecule has 0 aromatic carbocycles. The van der Waals surface area contributed by atoms with Crippen molar-refractivity contribution in [2.75, 3.05) is 33.7 Å². The Morgan fingerprint density at radius 3 is 2.42 bits per heavy atom. The molecule has 0 unspecified atom stereocenters. The van der Waals surface area contributed by atoms with E-state index in [2.05, 4.69) is 0 Å². The van der Waals surface area contributed by atoms with Gasteiger partial charge in [-0.25, -0.2) is 0 Å². The molecule has 0 fully saturated rings. The lowest BCUT2D eigenvalue weighted by atomic mass is 10.3. The Kier molecular flexibility index (Phi) is 4.85. The molecule has 0 radical (unpaired) electrons. The maximum atomic E-state index is 10.3. The van der Waals surface area contributed by atoms with Crippen molar-refractivity contribution in [2.45, 2.75) is 12.8 Å². The summed E-state index contributed by atoms with van der Waals surface area (Å²) in [6.45, 7) is 2.30. The van der Waals surface area contributed by atoms with Crippen molar-refractivity contribution in [3.63, 3.8) is 0 Å². The van der Waals surface area contributed by atoms with Gasteiger partial charge in [-0.05, 0) is 6.54 Å². The van der Waals surface area contributed by atoms with Crippen LogP contribution in [-0.2, 0) is 4.79 Å². The highest BCUT2D eigenvalue weighted by atomic mass is 16.4. The Morgan fingerprint density at radius 2 is 2.00 bits per heavy atom. The number of aliphatic carboxylic acids is 1. The van der Waals surface area contributed by atoms with Gasteiger partial charge in [-0.15, -0.1) is 0 Å². The molecular formula is C8H19N2O2+. The summed E-state index contributed by atoms with van der Waals surface area (Å²) in [4.78, 5) is 10.3. The van der Waals surface area contributed by atoms with Crippen molar-refractivity contribution in [2.24, 2.45) is 5.73 Å². The lowest BCUT2D eigenvalue weighted by molar-refractivity contribution is -0.889. The summed E-state index contributed by atoms with van der Waals surface area (Å²) < 4.78 is 0.740. The van der Waals surface area contributed by atoms with Crippen LogP contribution in [0.5, 0.6) is 0 Å². The van der Waals surface area contributed by atoms with Crippen molar-refractivity contribution in [1.82, 2.24) is 0 Å². The number of carboxylic acid groups (broad SMARTS) is 1. The van der Waals surface area contributed by atoms with Crippen molar-refractivity contribution >= 4 is 5.97 Å². The molecule has 4 heteroatoms. The second-order valence-corrected chi connectivity index (χ2v) is 3.67. The molecule has 0 aliphatic heterocycles. The Bertz CT molecular complexity index is 146. The fourth-order valence-electron chi connectivity index (χ4n) is 1.03. The van der Waals surface area contributed by atoms with Gasteiger partial charge in [0, 0.05) is 6.42 Å². The van der Waals surface area contributed by atoms with Gasteiger partial charge in [0.05, 0.1) is 33.6 Å². The number of nitrogens with zero attached hydrogens (tertiary/aromatic N) is 1. The average Bonchev–Trinajstić information content (AvgIpc) is 1.98. The molecule has 0 aliphatic rings. The molecule has 0 bridgehead atoms. The van der Waals surface area contributed by atoms with Crippen LogP contribution in [0, 0.1) is 0 Å². The molecule has 4 nitrogen and oxygen atoms in total. The normalized spacial score (nSPS) is 11.6. The van der Waals surface area contributed by atoms with Crippen LogP contribution in [-0.4, -0.2) is 49.3 Å². The second kappa shape index (κ2) is 5.11. The fraction of sp³-hybridized carbons (Fsp3) is 0.875. The molecule has 0 atom stereocenters. The van der Waals surface area contributed by atoms with Gasteiger partial charge in [0.15, 0.2) is 0 Å². The summed E-state index contributed by atoms with van der Waals surface area (Å²) >= 11 is 0. The second-order valence-electron chi connectivity index (χ2n) is 3.67. The van der Waals surface area contributed by atoms with E-state index in [1.165, 1.54) is 0 Å². The third kappa shape index (κ3) is 6.12. The molecular weight excluding hydrogens is 156 g/mol. The van der Waals surface area contributed by atoms with Gasteiger partial charge in [-0.2, -0.15) is 0 Å². The van der Waals surface area contributed by atoms with Crippen molar-refractivity contribution in [1.29, 1.82) is 0 Å². The van der Waals surface area contributed by atoms with Gasteiger partial charge < -0.3 is 15.3 Å². The standard InChI is InChI=1S/C8H18N2O2/c1-10(2,6-3-5-9)7-4-8(11)12/h3-7,9H2,1-2H3/p+1. The van der Waals surface area contributed by atoms with E-state index in [0.29, 0.717) is 13.1 Å². The SMILES string of the molecule is C[N+](C)(CCCN)CCC(=O)O. The maximum absolute atomic E-state index is 10.3. The van der Waals surface area contributed by atoms with Crippen LogP contribution in [0.25, 0.3) is 0 Å². The van der Waals surface area contributed by atoms with Crippen LogP contribution in [0.4, 0.5) is 0 Å². The molecule has 0 heterocycles. The molecule has 0 aromatic heterocycles. The topological polar surface area (TPSA) is 63.3 Å². The molecule has 0 saturated carbocycles. The Hall–Kier alpha value is -0.610. The highest BCUT2D eigenvalue weighted by Gasteiger charge is 2.15. The van der Waals surface area contributed by atoms with E-state index >= 15 is 0 Å². The lowest BCUT2D eigenvalue weighted by Crippen LogP contribution is -2.42. The van der Waals surface area contributed by atoms with E-state index in [1.807, 2.05) is 14.1 Å². The quantitative estimate of drug-likeness (QED) is 0.553. The van der Waals surface area contributed by atoms with E-state index in [9.17, 15) is 4.79 Å². The smallest absolute Gasteiger partial charge is 0.309 e. The van der Waals surface area contributed by atoms with Crippen molar-refractivity contribution in [3.05, 3.63) is 0 Å². The zero-order valence-corrected chi connectivity index (χ0v) is 7.92. The third-order valence-electron chi connectivity index (χ3n) is 1.90. The molecule has 0 saturated heterocycles. The number of rotatable bonds is 6. The van der Waals surface area contributed by atoms with Gasteiger partial charge in [-0.1, -0.05) is 0 Å². The van der Waals surface area contributed by atoms with Gasteiger partial charge in [-0.3, -0.25) is 4.79 Å². The number of carboxylic acids is 1. The fourth-order valence-corrected chi connectivity index (χ4v) is 1.03. The average molecular weight is 175 g/mol. The van der Waals surface area contributed by atoms with Gasteiger partial charge in [0.25, 0.3) is 0 Å². The molecule has 0 spiro atoms. The summed E-state index contributed by atoms with van der Waals surface area (Å²) in [5.74, 6) is -0.728. The maximum Gasteiger partial charge on any atom is 0.309 e. The van der Waals surface area contributed by atoms with E-state index in [-0.39, 0.29) is 6.42 Å². The summed E-state index contributed by atoms with van der Waals surface area (Å²) in [5.41, 5.74) is 5.37. The first kappa shape index (κ1) is 11.4. The predicted octanol–water partition coefficient (Wildman–Crippen LogP) is -0.114. The van der Waals surface area contributed by atoms with E-state index in [4.69, 9.17) is 10.8 Å². The highest BCUT2D eigenvalue weighted by molar-refractivity contribution is 5.66. The van der Waals surface area contributed by atoms with E-state index < -0.39 is 5.97 Å². The summed E-state index contributed by atoms with van der Waals surface area (Å²) in [6.07, 6.45) is 1.18. The molecule has 0 amide bonds. The Balaban J connectivity index is 3.63. The molecule has 12 heavy (non-hydrogen) atoms. The van der Waals surface area contributed by atoms with Gasteiger partial charge in [0.1, 0.15) is 0 Å². The molecule has 72 valence electrons. The van der Waals surface area contributed by atoms with Crippen molar-refractivity contribution < 1.29 is 14.4 Å². The number of carbonyl (C=O) groups is 1. The summed E-state index contributed by atoms with van der Waals surface area (Å²) in [7, 11) is 4.05. The number of nitrogens with two attached hydrogens (primary N) is 1. The van der Waals surface area contributed by atoms with Crippen LogP contribution in [0.1, 0.15) is 12.8 Å². The monoisotopic (exact) mass is 175 g/mol. The largest absolute Gasteiger partial charge is 0.481 e. The van der Waals surface area contributed by atoms with E-state index in [0.717, 1.165) is 17.4 Å². The first-order valence-electron chi connectivity index (χ1n) is 4.22. The van der Waals surface area contributed by atoms with E-state index in [1.54, 1.807) is 0 Å². The zero-order chi connectivity index (χ0) is 9.61. The third-order valence-corrected chi connectivity index (χ3v) is 1.90. The lowest BCUT2D eigenvalue weighted by Gasteiger charge is -2.28. The first-order chi connectivity index (χ1) is 5.48. The molecule has 0 aromatic rings. The number of hydrogen-bond acceptors (Lipinski definition) is 2. The van der Waals surface area contributed by atoms with Crippen LogP contribution in [0.2, 0.25) is 0 Å². The Labute approximate surface area is 73.6 Å². The zero-order valence-electron chi connectivity index (χ0n) is 7.92. The van der Waals surface area contributed by atoms with Gasteiger partial charge in [0.2, 0.25) is 0 Å². The minimum absolute atomic E-state index is 0.234. The Morgan fingerprint density at radius 1 is 1.42 bits per heavy atom. The minimum Gasteiger partial charge on any atom is -0.481 e. The van der Waals surface area contributed by atoms with Crippen LogP contribution >= 0.6 is 0 Å². The number of quaternary nitrogens is 1. The highest BCUT2D eigenvalue weighted by Crippen LogP contribution is 2.00. The minimum atomic E-state index is -0.728. The van der Waals surface area contributed by atoms with Crippen LogP contribution in [0.3, 0.4) is 0 Å². The molecule has 0 aliphatic carbocycles. The molecule has 3 N–H and O–H groups in total. The predicted molar refractivity (Wildman–Crippen MR) is 47.8 cm³/mol. The first-order valence-corrected chi connectivity index (χ1v) is 4.22. The summed E-state index contributed by atoms with van der Waals surface area (Å²) in [5, 5.41) is 8.47. The van der Waals surface area contributed by atoms with Crippen molar-refractivity contribution in [3.8, 4) is 0 Å². The van der Waals surface area contributed by atoms with Crippen LogP contribution in [0.15, 0.2) is 0 Å².